The van der Waals surface area contributed by atoms with Gasteiger partial charge in [0, 0.05) is 57.8 Å². The first kappa shape index (κ1) is 16.5. The predicted molar refractivity (Wildman–Crippen MR) is 101 cm³/mol. The van der Waals surface area contributed by atoms with Crippen LogP contribution in [0, 0.1) is 0 Å². The zero-order valence-electron chi connectivity index (χ0n) is 15.1. The van der Waals surface area contributed by atoms with Gasteiger partial charge in [0.25, 0.3) is 0 Å². The zero-order chi connectivity index (χ0) is 17.1. The molecule has 0 bridgehead atoms. The molecule has 0 N–H and O–H groups in total. The maximum absolute atomic E-state index is 4.67. The van der Waals surface area contributed by atoms with Gasteiger partial charge < -0.3 is 9.80 Å². The Morgan fingerprint density at radius 3 is 2.44 bits per heavy atom. The number of piperazine rings is 1. The first-order chi connectivity index (χ1) is 12.3. The molecule has 2 aliphatic heterocycles. The second-order valence-electron chi connectivity index (χ2n) is 7.17. The van der Waals surface area contributed by atoms with Crippen LogP contribution in [0.3, 0.4) is 0 Å². The Kier molecular flexibility index (Phi) is 4.95. The van der Waals surface area contributed by atoms with Crippen molar-refractivity contribution < 1.29 is 0 Å². The van der Waals surface area contributed by atoms with Crippen molar-refractivity contribution in [2.24, 2.45) is 0 Å². The third-order valence-electron chi connectivity index (χ3n) is 5.41. The lowest BCUT2D eigenvalue weighted by molar-refractivity contribution is 0.279. The molecular weight excluding hydrogens is 310 g/mol. The number of hydrogen-bond acceptors (Lipinski definition) is 5. The maximum atomic E-state index is 4.67. The minimum atomic E-state index is 1.02. The van der Waals surface area contributed by atoms with Gasteiger partial charge in [-0.1, -0.05) is 30.3 Å². The van der Waals surface area contributed by atoms with E-state index in [1.165, 1.54) is 22.6 Å². The molecule has 0 atom stereocenters. The molecule has 3 heterocycles. The van der Waals surface area contributed by atoms with Crippen LogP contribution < -0.4 is 4.90 Å². The molecule has 0 unspecified atom stereocenters. The fraction of sp³-hybridized carbons (Fsp3) is 0.500. The van der Waals surface area contributed by atoms with E-state index in [0.29, 0.717) is 0 Å². The normalized spacial score (nSPS) is 19.5. The minimum absolute atomic E-state index is 1.02. The van der Waals surface area contributed by atoms with Crippen LogP contribution in [0.4, 0.5) is 5.82 Å². The summed E-state index contributed by atoms with van der Waals surface area (Å²) in [5, 5.41) is 0. The number of aromatic nitrogens is 2. The van der Waals surface area contributed by atoms with Crippen molar-refractivity contribution in [3.63, 3.8) is 0 Å². The molecular formula is C20H27N5. The zero-order valence-corrected chi connectivity index (χ0v) is 15.1. The summed E-state index contributed by atoms with van der Waals surface area (Å²) in [5.41, 5.74) is 4.01. The number of hydrogen-bond donors (Lipinski definition) is 0. The number of nitrogens with zero attached hydrogens (tertiary/aromatic N) is 5. The van der Waals surface area contributed by atoms with Gasteiger partial charge in [-0.25, -0.2) is 9.97 Å². The molecule has 5 heteroatoms. The van der Waals surface area contributed by atoms with Gasteiger partial charge in [0.05, 0.1) is 5.69 Å². The topological polar surface area (TPSA) is 35.5 Å². The average molecular weight is 337 g/mol. The van der Waals surface area contributed by atoms with Gasteiger partial charge in [-0.05, 0) is 19.0 Å². The van der Waals surface area contributed by atoms with Crippen LogP contribution in [0.25, 0.3) is 0 Å². The molecule has 2 aliphatic rings. The van der Waals surface area contributed by atoms with Crippen LogP contribution in [-0.4, -0.2) is 66.1 Å². The predicted octanol–water partition coefficient (Wildman–Crippen LogP) is 1.83. The van der Waals surface area contributed by atoms with E-state index in [4.69, 9.17) is 0 Å². The average Bonchev–Trinajstić information content (AvgIpc) is 2.86. The summed E-state index contributed by atoms with van der Waals surface area (Å²) in [7, 11) is 2.19. The monoisotopic (exact) mass is 337 g/mol. The number of benzene rings is 1. The van der Waals surface area contributed by atoms with E-state index in [1.807, 2.05) is 0 Å². The van der Waals surface area contributed by atoms with Crippen LogP contribution in [0.5, 0.6) is 0 Å². The number of anilines is 1. The molecule has 0 saturated carbocycles. The molecule has 1 fully saturated rings. The maximum Gasteiger partial charge on any atom is 0.135 e. The highest BCUT2D eigenvalue weighted by Gasteiger charge is 2.23. The Bertz CT molecular complexity index is 694. The smallest absolute Gasteiger partial charge is 0.135 e. The molecule has 5 nitrogen and oxygen atoms in total. The van der Waals surface area contributed by atoms with Crippen LogP contribution in [-0.2, 0) is 19.4 Å². The fourth-order valence-electron chi connectivity index (χ4n) is 3.85. The number of fused-ring (bicyclic) bond motifs is 1. The summed E-state index contributed by atoms with van der Waals surface area (Å²) in [5.74, 6) is 1.18. The van der Waals surface area contributed by atoms with Crippen LogP contribution in [0.2, 0.25) is 0 Å². The molecule has 132 valence electrons. The third-order valence-corrected chi connectivity index (χ3v) is 5.41. The van der Waals surface area contributed by atoms with Crippen molar-refractivity contribution in [3.8, 4) is 0 Å². The molecule has 0 amide bonds. The van der Waals surface area contributed by atoms with Crippen molar-refractivity contribution in [1.82, 2.24) is 19.8 Å². The van der Waals surface area contributed by atoms with Gasteiger partial charge in [-0.2, -0.15) is 0 Å². The standard InChI is InChI=1S/C20H27N5/c1-23-11-13-25(14-12-23)20-18-7-9-24(10-8-19(18)21-16-22-20)15-17-5-3-2-4-6-17/h2-6,16H,7-15H2,1H3. The van der Waals surface area contributed by atoms with Crippen molar-refractivity contribution >= 4 is 5.82 Å². The van der Waals surface area contributed by atoms with Gasteiger partial charge >= 0.3 is 0 Å². The molecule has 2 aromatic rings. The summed E-state index contributed by atoms with van der Waals surface area (Å²) in [6.07, 6.45) is 3.83. The van der Waals surface area contributed by atoms with Gasteiger partial charge in [0.2, 0.25) is 0 Å². The Morgan fingerprint density at radius 1 is 0.880 bits per heavy atom. The molecule has 1 aromatic heterocycles. The fourth-order valence-corrected chi connectivity index (χ4v) is 3.85. The second-order valence-corrected chi connectivity index (χ2v) is 7.17. The largest absolute Gasteiger partial charge is 0.354 e. The highest BCUT2D eigenvalue weighted by molar-refractivity contribution is 5.49. The van der Waals surface area contributed by atoms with Crippen molar-refractivity contribution in [3.05, 3.63) is 53.5 Å². The van der Waals surface area contributed by atoms with Crippen molar-refractivity contribution in [1.29, 1.82) is 0 Å². The highest BCUT2D eigenvalue weighted by Crippen LogP contribution is 2.25. The van der Waals surface area contributed by atoms with Gasteiger partial charge in [0.1, 0.15) is 12.1 Å². The molecule has 1 aromatic carbocycles. The summed E-state index contributed by atoms with van der Waals surface area (Å²) in [6, 6.07) is 10.8. The summed E-state index contributed by atoms with van der Waals surface area (Å²) >= 11 is 0. The van der Waals surface area contributed by atoms with E-state index < -0.39 is 0 Å². The Morgan fingerprint density at radius 2 is 1.64 bits per heavy atom. The van der Waals surface area contributed by atoms with Gasteiger partial charge in [0.15, 0.2) is 0 Å². The quantitative estimate of drug-likeness (QED) is 0.854. The lowest BCUT2D eigenvalue weighted by Crippen LogP contribution is -2.45. The van der Waals surface area contributed by atoms with Gasteiger partial charge in [-0.15, -0.1) is 0 Å². The van der Waals surface area contributed by atoms with E-state index in [2.05, 4.69) is 62.0 Å². The van der Waals surface area contributed by atoms with E-state index in [9.17, 15) is 0 Å². The number of likely N-dealkylation sites (N-methyl/N-ethyl adjacent to an activating group) is 1. The number of rotatable bonds is 3. The molecule has 25 heavy (non-hydrogen) atoms. The van der Waals surface area contributed by atoms with E-state index in [1.54, 1.807) is 6.33 Å². The molecule has 1 saturated heterocycles. The van der Waals surface area contributed by atoms with Crippen LogP contribution >= 0.6 is 0 Å². The molecule has 0 aliphatic carbocycles. The SMILES string of the molecule is CN1CCN(c2ncnc3c2CCN(Cc2ccccc2)CC3)CC1. The molecule has 0 radical (unpaired) electrons. The Balaban J connectivity index is 1.49. The van der Waals surface area contributed by atoms with Gasteiger partial charge in [-0.3, -0.25) is 4.90 Å². The Labute approximate surface area is 150 Å². The van der Waals surface area contributed by atoms with E-state index in [-0.39, 0.29) is 0 Å². The minimum Gasteiger partial charge on any atom is -0.354 e. The van der Waals surface area contributed by atoms with Crippen LogP contribution in [0.1, 0.15) is 16.8 Å². The summed E-state index contributed by atoms with van der Waals surface area (Å²) in [6.45, 7) is 7.52. The summed E-state index contributed by atoms with van der Waals surface area (Å²) < 4.78 is 0. The first-order valence-corrected chi connectivity index (χ1v) is 9.32. The highest BCUT2D eigenvalue weighted by atomic mass is 15.3. The van der Waals surface area contributed by atoms with E-state index >= 15 is 0 Å². The lowest BCUT2D eigenvalue weighted by atomic mass is 10.1. The van der Waals surface area contributed by atoms with E-state index in [0.717, 1.165) is 58.7 Å². The molecule has 0 spiro atoms. The summed E-state index contributed by atoms with van der Waals surface area (Å²) in [4.78, 5) is 16.7. The van der Waals surface area contributed by atoms with Crippen molar-refractivity contribution in [2.45, 2.75) is 19.4 Å². The second kappa shape index (κ2) is 7.50. The lowest BCUT2D eigenvalue weighted by Gasteiger charge is -2.34. The van der Waals surface area contributed by atoms with Crippen molar-refractivity contribution in [2.75, 3.05) is 51.2 Å². The Hall–Kier alpha value is -1.98. The molecule has 4 rings (SSSR count). The van der Waals surface area contributed by atoms with Crippen LogP contribution in [0.15, 0.2) is 36.7 Å². The third kappa shape index (κ3) is 3.83. The first-order valence-electron chi connectivity index (χ1n) is 9.32.